The summed E-state index contributed by atoms with van der Waals surface area (Å²) < 4.78 is 5.24. The molecule has 1 saturated carbocycles. The first-order chi connectivity index (χ1) is 9.52. The van der Waals surface area contributed by atoms with Gasteiger partial charge < -0.3 is 15.0 Å². The number of ether oxygens (including phenoxy) is 1. The van der Waals surface area contributed by atoms with Crippen molar-refractivity contribution in [3.63, 3.8) is 0 Å². The van der Waals surface area contributed by atoms with Crippen LogP contribution in [0.5, 0.6) is 0 Å². The molecule has 3 heteroatoms. The maximum Gasteiger partial charge on any atom is 0.0589 e. The number of rotatable bonds is 9. The Hall–Kier alpha value is -0.120. The Morgan fingerprint density at radius 2 is 2.05 bits per heavy atom. The van der Waals surface area contributed by atoms with Crippen molar-refractivity contribution >= 4 is 0 Å². The number of methoxy groups -OCH3 is 1. The summed E-state index contributed by atoms with van der Waals surface area (Å²) in [5, 5.41) is 3.79. The van der Waals surface area contributed by atoms with E-state index in [9.17, 15) is 0 Å². The Morgan fingerprint density at radius 3 is 2.65 bits per heavy atom. The van der Waals surface area contributed by atoms with E-state index in [1.807, 2.05) is 0 Å². The normalized spacial score (nSPS) is 26.1. The van der Waals surface area contributed by atoms with E-state index in [-0.39, 0.29) is 0 Å². The van der Waals surface area contributed by atoms with Gasteiger partial charge in [0, 0.05) is 26.2 Å². The maximum atomic E-state index is 5.24. The molecule has 0 bridgehead atoms. The lowest BCUT2D eigenvalue weighted by molar-refractivity contribution is 0.0860. The molecular weight excluding hydrogens is 248 g/mol. The number of hydrogen-bond acceptors (Lipinski definition) is 3. The molecule has 0 aromatic heterocycles. The molecule has 1 rings (SSSR count). The van der Waals surface area contributed by atoms with Gasteiger partial charge in [0.1, 0.15) is 0 Å². The lowest BCUT2D eigenvalue weighted by Gasteiger charge is -2.43. The van der Waals surface area contributed by atoms with Crippen LogP contribution in [0.15, 0.2) is 0 Å². The molecule has 3 nitrogen and oxygen atoms in total. The lowest BCUT2D eigenvalue weighted by atomic mass is 9.69. The molecule has 1 aliphatic carbocycles. The topological polar surface area (TPSA) is 24.5 Å². The molecule has 0 radical (unpaired) electrons. The summed E-state index contributed by atoms with van der Waals surface area (Å²) in [7, 11) is 1.79. The van der Waals surface area contributed by atoms with Crippen molar-refractivity contribution < 1.29 is 4.74 Å². The summed E-state index contributed by atoms with van der Waals surface area (Å²) in [5.74, 6) is 0.780. The van der Waals surface area contributed by atoms with E-state index in [0.717, 1.165) is 32.2 Å². The summed E-state index contributed by atoms with van der Waals surface area (Å²) in [5.41, 5.74) is 0.510. The molecule has 0 heterocycles. The summed E-state index contributed by atoms with van der Waals surface area (Å²) >= 11 is 0. The summed E-state index contributed by atoms with van der Waals surface area (Å²) in [6.07, 6.45) is 5.26. The monoisotopic (exact) mass is 284 g/mol. The van der Waals surface area contributed by atoms with Crippen LogP contribution >= 0.6 is 0 Å². The van der Waals surface area contributed by atoms with Gasteiger partial charge in [-0.1, -0.05) is 27.7 Å². The van der Waals surface area contributed by atoms with Crippen LogP contribution in [-0.4, -0.2) is 50.8 Å². The van der Waals surface area contributed by atoms with Gasteiger partial charge in [0.2, 0.25) is 0 Å². The first-order valence-corrected chi connectivity index (χ1v) is 8.47. The summed E-state index contributed by atoms with van der Waals surface area (Å²) in [4.78, 5) is 2.55. The molecular formula is C17H36N2O. The first kappa shape index (κ1) is 17.9. The smallest absolute Gasteiger partial charge is 0.0589 e. The zero-order chi connectivity index (χ0) is 15.0. The molecule has 2 atom stereocenters. The number of hydrogen-bond donors (Lipinski definition) is 1. The second-order valence-corrected chi connectivity index (χ2v) is 7.11. The maximum absolute atomic E-state index is 5.24. The second kappa shape index (κ2) is 9.01. The molecule has 20 heavy (non-hydrogen) atoms. The van der Waals surface area contributed by atoms with Gasteiger partial charge in [-0.25, -0.2) is 0 Å². The van der Waals surface area contributed by atoms with Gasteiger partial charge in [-0.2, -0.15) is 0 Å². The van der Waals surface area contributed by atoms with Gasteiger partial charge in [-0.15, -0.1) is 0 Å². The molecule has 0 saturated heterocycles. The zero-order valence-electron chi connectivity index (χ0n) is 14.4. The third kappa shape index (κ3) is 6.11. The predicted octanol–water partition coefficient (Wildman–Crippen LogP) is 3.15. The van der Waals surface area contributed by atoms with Crippen LogP contribution in [-0.2, 0) is 4.74 Å². The van der Waals surface area contributed by atoms with E-state index in [1.165, 1.54) is 32.2 Å². The van der Waals surface area contributed by atoms with Gasteiger partial charge in [0.05, 0.1) is 6.61 Å². The van der Waals surface area contributed by atoms with Crippen molar-refractivity contribution in [3.05, 3.63) is 0 Å². The third-order valence-electron chi connectivity index (χ3n) is 4.72. The van der Waals surface area contributed by atoms with Crippen LogP contribution in [0.4, 0.5) is 0 Å². The molecule has 120 valence electrons. The van der Waals surface area contributed by atoms with Crippen LogP contribution in [0.3, 0.4) is 0 Å². The highest BCUT2D eigenvalue weighted by molar-refractivity contribution is 4.90. The van der Waals surface area contributed by atoms with Gasteiger partial charge in [0.25, 0.3) is 0 Å². The van der Waals surface area contributed by atoms with E-state index >= 15 is 0 Å². The van der Waals surface area contributed by atoms with E-state index in [0.29, 0.717) is 11.5 Å². The molecule has 0 aliphatic heterocycles. The molecule has 0 spiro atoms. The standard InChI is InChI=1S/C17H36N2O/c1-6-10-18-16-8-9-17(3,4)13-15(16)14-19(7-2)11-12-20-5/h15-16,18H,6-14H2,1-5H3. The Kier molecular flexibility index (Phi) is 8.08. The first-order valence-electron chi connectivity index (χ1n) is 8.47. The van der Waals surface area contributed by atoms with E-state index < -0.39 is 0 Å². The minimum absolute atomic E-state index is 0.510. The predicted molar refractivity (Wildman–Crippen MR) is 87.2 cm³/mol. The quantitative estimate of drug-likeness (QED) is 0.704. The fourth-order valence-electron chi connectivity index (χ4n) is 3.46. The van der Waals surface area contributed by atoms with Crippen molar-refractivity contribution in [2.75, 3.05) is 39.9 Å². The average molecular weight is 284 g/mol. The van der Waals surface area contributed by atoms with Gasteiger partial charge >= 0.3 is 0 Å². The average Bonchev–Trinajstić information content (AvgIpc) is 2.41. The highest BCUT2D eigenvalue weighted by Crippen LogP contribution is 2.39. The van der Waals surface area contributed by atoms with Crippen molar-refractivity contribution in [3.8, 4) is 0 Å². The Morgan fingerprint density at radius 1 is 1.30 bits per heavy atom. The Balaban J connectivity index is 2.57. The van der Waals surface area contributed by atoms with Gasteiger partial charge in [0.15, 0.2) is 0 Å². The number of nitrogens with zero attached hydrogens (tertiary/aromatic N) is 1. The largest absolute Gasteiger partial charge is 0.383 e. The Labute approximate surface area is 126 Å². The van der Waals surface area contributed by atoms with Crippen LogP contribution in [0, 0.1) is 11.3 Å². The highest BCUT2D eigenvalue weighted by Gasteiger charge is 2.35. The molecule has 0 amide bonds. The fraction of sp³-hybridized carbons (Fsp3) is 1.00. The van der Waals surface area contributed by atoms with Crippen LogP contribution < -0.4 is 5.32 Å². The zero-order valence-corrected chi connectivity index (χ0v) is 14.4. The SMILES string of the molecule is CCCNC1CCC(C)(C)CC1CN(CC)CCOC. The van der Waals surface area contributed by atoms with Gasteiger partial charge in [-0.05, 0) is 50.1 Å². The van der Waals surface area contributed by atoms with Crippen LogP contribution in [0.25, 0.3) is 0 Å². The molecule has 1 N–H and O–H groups in total. The van der Waals surface area contributed by atoms with Crippen LogP contribution in [0.1, 0.15) is 53.4 Å². The molecule has 1 fully saturated rings. The molecule has 0 aromatic rings. The summed E-state index contributed by atoms with van der Waals surface area (Å²) in [6, 6.07) is 0.708. The lowest BCUT2D eigenvalue weighted by Crippen LogP contribution is -2.48. The van der Waals surface area contributed by atoms with E-state index in [1.54, 1.807) is 7.11 Å². The minimum atomic E-state index is 0.510. The van der Waals surface area contributed by atoms with Crippen molar-refractivity contribution in [2.24, 2.45) is 11.3 Å². The number of likely N-dealkylation sites (N-methyl/N-ethyl adjacent to an activating group) is 1. The summed E-state index contributed by atoms with van der Waals surface area (Å²) in [6.45, 7) is 14.8. The second-order valence-electron chi connectivity index (χ2n) is 7.11. The van der Waals surface area contributed by atoms with E-state index in [4.69, 9.17) is 4.74 Å². The van der Waals surface area contributed by atoms with Crippen LogP contribution in [0.2, 0.25) is 0 Å². The van der Waals surface area contributed by atoms with Crippen molar-refractivity contribution in [1.82, 2.24) is 10.2 Å². The molecule has 0 aromatic carbocycles. The Bertz CT molecular complexity index is 255. The molecule has 2 unspecified atom stereocenters. The minimum Gasteiger partial charge on any atom is -0.383 e. The van der Waals surface area contributed by atoms with Crippen molar-refractivity contribution in [1.29, 1.82) is 0 Å². The van der Waals surface area contributed by atoms with Gasteiger partial charge in [-0.3, -0.25) is 0 Å². The third-order valence-corrected chi connectivity index (χ3v) is 4.72. The number of nitrogens with one attached hydrogen (secondary N) is 1. The van der Waals surface area contributed by atoms with Crippen molar-refractivity contribution in [2.45, 2.75) is 59.4 Å². The highest BCUT2D eigenvalue weighted by atomic mass is 16.5. The molecule has 1 aliphatic rings. The fourth-order valence-corrected chi connectivity index (χ4v) is 3.46. The van der Waals surface area contributed by atoms with E-state index in [2.05, 4.69) is 37.9 Å².